The molecular formula is C52H45BN2. The van der Waals surface area contributed by atoms with Gasteiger partial charge < -0.3 is 9.71 Å². The van der Waals surface area contributed by atoms with Gasteiger partial charge in [0.25, 0.3) is 0 Å². The molecule has 0 saturated carbocycles. The Balaban J connectivity index is 1.28. The first-order valence-corrected chi connectivity index (χ1v) is 20.2. The van der Waals surface area contributed by atoms with Gasteiger partial charge in [-0.25, -0.2) is 0 Å². The molecule has 7 aromatic rings. The summed E-state index contributed by atoms with van der Waals surface area (Å²) in [6, 6.07) is 55.7. The summed E-state index contributed by atoms with van der Waals surface area (Å²) in [7, 11) is 0. The molecule has 7 aromatic carbocycles. The lowest BCUT2D eigenvalue weighted by Gasteiger charge is -2.51. The van der Waals surface area contributed by atoms with Crippen molar-refractivity contribution < 1.29 is 0 Å². The minimum atomic E-state index is -0.176. The largest absolute Gasteiger partial charge is 0.376 e. The van der Waals surface area contributed by atoms with Crippen LogP contribution in [0.5, 0.6) is 0 Å². The van der Waals surface area contributed by atoms with E-state index in [1.807, 2.05) is 0 Å². The maximum Gasteiger partial charge on any atom is 0.333 e. The van der Waals surface area contributed by atoms with Gasteiger partial charge in [0, 0.05) is 39.1 Å². The predicted octanol–water partition coefficient (Wildman–Crippen LogP) is 12.3. The Morgan fingerprint density at radius 1 is 0.509 bits per heavy atom. The van der Waals surface area contributed by atoms with E-state index in [1.54, 1.807) is 0 Å². The van der Waals surface area contributed by atoms with E-state index in [1.165, 1.54) is 113 Å². The Morgan fingerprint density at radius 2 is 1.22 bits per heavy atom. The maximum absolute atomic E-state index is 2.76. The fourth-order valence-electron chi connectivity index (χ4n) is 10.8. The topological polar surface area (TPSA) is 6.48 Å². The van der Waals surface area contributed by atoms with Crippen molar-refractivity contribution in [3.8, 4) is 33.4 Å². The van der Waals surface area contributed by atoms with Crippen LogP contribution in [0.15, 0.2) is 146 Å². The molecule has 3 heteroatoms. The van der Waals surface area contributed by atoms with Crippen LogP contribution in [-0.2, 0) is 17.3 Å². The third kappa shape index (κ3) is 4.38. The number of fused-ring (bicyclic) bond motifs is 9. The molecule has 0 bridgehead atoms. The van der Waals surface area contributed by atoms with Gasteiger partial charge in [0.05, 0.1) is 5.69 Å². The molecule has 0 fully saturated rings. The van der Waals surface area contributed by atoms with Crippen molar-refractivity contribution in [2.45, 2.75) is 64.7 Å². The highest BCUT2D eigenvalue weighted by Gasteiger charge is 2.51. The van der Waals surface area contributed by atoms with E-state index in [0.29, 0.717) is 0 Å². The van der Waals surface area contributed by atoms with Crippen LogP contribution in [0.2, 0.25) is 0 Å². The first-order chi connectivity index (χ1) is 26.8. The second-order valence-corrected chi connectivity index (χ2v) is 17.1. The van der Waals surface area contributed by atoms with Gasteiger partial charge in [-0.15, -0.1) is 0 Å². The molecule has 0 amide bonds. The van der Waals surface area contributed by atoms with Gasteiger partial charge in [0.1, 0.15) is 0 Å². The average molecular weight is 709 g/mol. The lowest BCUT2D eigenvalue weighted by Crippen LogP contribution is -2.62. The van der Waals surface area contributed by atoms with E-state index >= 15 is 0 Å². The van der Waals surface area contributed by atoms with Crippen molar-refractivity contribution in [1.29, 1.82) is 0 Å². The zero-order valence-corrected chi connectivity index (χ0v) is 32.4. The Labute approximate surface area is 326 Å². The smallest absolute Gasteiger partial charge is 0.333 e. The van der Waals surface area contributed by atoms with Gasteiger partial charge in [-0.1, -0.05) is 162 Å². The molecule has 0 N–H and O–H groups in total. The SMILES string of the molecule is CCCCc1cc2c3c(c1)N1c4ccccc4C(C)(C)c4cccc(c41)B3N(c1cccc3c1C(C)(C)c1ccccc1-3)c1cc(-c3ccccc3)ccc1-2. The number of unbranched alkanes of at least 4 members (excludes halogenated alkanes) is 1. The third-order valence-corrected chi connectivity index (χ3v) is 13.4. The van der Waals surface area contributed by atoms with Crippen molar-refractivity contribution >= 4 is 46.2 Å². The Hall–Kier alpha value is -5.80. The van der Waals surface area contributed by atoms with Gasteiger partial charge in [-0.2, -0.15) is 0 Å². The number of anilines is 5. The van der Waals surface area contributed by atoms with Crippen molar-refractivity contribution in [2.24, 2.45) is 0 Å². The summed E-state index contributed by atoms with van der Waals surface area (Å²) in [5, 5.41) is 0. The van der Waals surface area contributed by atoms with Crippen LogP contribution in [0.4, 0.5) is 28.4 Å². The highest BCUT2D eigenvalue weighted by molar-refractivity contribution is 6.93. The summed E-state index contributed by atoms with van der Waals surface area (Å²) < 4.78 is 0. The second-order valence-electron chi connectivity index (χ2n) is 17.1. The zero-order chi connectivity index (χ0) is 37.2. The standard InChI is InChI=1S/C52H45BN2/c1-6-7-17-33-30-39-37-29-28-35(34-18-9-8-10-19-34)32-46(37)55(45-27-15-21-38-36-20-11-12-22-40(36)52(4,5)48(38)45)53-43-25-16-24-42-50(43)54(47(31-33)49(39)53)44-26-14-13-23-41(44)51(42,2)3/h8-16,18-32H,6-7,17H2,1-5H3. The molecule has 4 aliphatic rings. The van der Waals surface area contributed by atoms with E-state index in [9.17, 15) is 0 Å². The number of hydrogen-bond acceptors (Lipinski definition) is 2. The van der Waals surface area contributed by atoms with Crippen molar-refractivity contribution in [3.05, 3.63) is 173 Å². The van der Waals surface area contributed by atoms with E-state index in [-0.39, 0.29) is 17.7 Å². The minimum absolute atomic E-state index is 0.0259. The van der Waals surface area contributed by atoms with Gasteiger partial charge in [-0.05, 0) is 104 Å². The van der Waals surface area contributed by atoms with Crippen LogP contribution in [-0.4, -0.2) is 6.85 Å². The van der Waals surface area contributed by atoms with Crippen molar-refractivity contribution in [1.82, 2.24) is 0 Å². The predicted molar refractivity (Wildman–Crippen MR) is 234 cm³/mol. The van der Waals surface area contributed by atoms with E-state index in [4.69, 9.17) is 0 Å². The first kappa shape index (κ1) is 32.6. The first-order valence-electron chi connectivity index (χ1n) is 20.2. The van der Waals surface area contributed by atoms with Crippen LogP contribution in [0.1, 0.15) is 75.3 Å². The fourth-order valence-corrected chi connectivity index (χ4v) is 10.8. The van der Waals surface area contributed by atoms with Crippen LogP contribution in [0.3, 0.4) is 0 Å². The van der Waals surface area contributed by atoms with Gasteiger partial charge in [-0.3, -0.25) is 0 Å². The fraction of sp³-hybridized carbons (Fsp3) is 0.192. The lowest BCUT2D eigenvalue weighted by molar-refractivity contribution is 0.632. The molecule has 0 radical (unpaired) electrons. The normalized spacial score (nSPS) is 15.8. The van der Waals surface area contributed by atoms with Crippen LogP contribution in [0, 0.1) is 0 Å². The number of aryl methyl sites for hydroxylation is 1. The molecule has 1 aliphatic carbocycles. The van der Waals surface area contributed by atoms with Crippen LogP contribution in [0.25, 0.3) is 33.4 Å². The van der Waals surface area contributed by atoms with Crippen molar-refractivity contribution in [3.63, 3.8) is 0 Å². The molecular weight excluding hydrogens is 663 g/mol. The monoisotopic (exact) mass is 708 g/mol. The second kappa shape index (κ2) is 11.6. The average Bonchev–Trinajstić information content (AvgIpc) is 3.46. The highest BCUT2D eigenvalue weighted by Crippen LogP contribution is 2.58. The number of rotatable bonds is 5. The molecule has 0 saturated heterocycles. The van der Waals surface area contributed by atoms with Crippen molar-refractivity contribution in [2.75, 3.05) is 9.71 Å². The minimum Gasteiger partial charge on any atom is -0.376 e. The molecule has 0 atom stereocenters. The molecule has 11 rings (SSSR count). The number of hydrogen-bond donors (Lipinski definition) is 0. The summed E-state index contributed by atoms with van der Waals surface area (Å²) in [6.45, 7) is 12.0. The maximum atomic E-state index is 2.76. The third-order valence-electron chi connectivity index (χ3n) is 13.4. The molecule has 2 nitrogen and oxygen atoms in total. The Morgan fingerprint density at radius 3 is 2.05 bits per heavy atom. The molecule has 3 heterocycles. The van der Waals surface area contributed by atoms with Crippen LogP contribution < -0.4 is 20.6 Å². The van der Waals surface area contributed by atoms with Gasteiger partial charge >= 0.3 is 6.85 Å². The number of benzene rings is 7. The summed E-state index contributed by atoms with van der Waals surface area (Å²) in [4.78, 5) is 5.40. The Kier molecular flexibility index (Phi) is 6.88. The molecule has 0 aromatic heterocycles. The number of nitrogens with zero attached hydrogens (tertiary/aromatic N) is 2. The summed E-state index contributed by atoms with van der Waals surface area (Å²) in [5.74, 6) is 0. The molecule has 0 spiro atoms. The summed E-state index contributed by atoms with van der Waals surface area (Å²) in [5.41, 5.74) is 23.9. The van der Waals surface area contributed by atoms with E-state index < -0.39 is 0 Å². The molecule has 0 unspecified atom stereocenters. The quantitative estimate of drug-likeness (QED) is 0.164. The van der Waals surface area contributed by atoms with E-state index in [2.05, 4.69) is 190 Å². The summed E-state index contributed by atoms with van der Waals surface area (Å²) in [6.07, 6.45) is 3.41. The van der Waals surface area contributed by atoms with Gasteiger partial charge in [0.2, 0.25) is 0 Å². The molecule has 3 aliphatic heterocycles. The lowest BCUT2D eigenvalue weighted by atomic mass is 9.42. The number of para-hydroxylation sites is 2. The summed E-state index contributed by atoms with van der Waals surface area (Å²) >= 11 is 0. The van der Waals surface area contributed by atoms with Crippen LogP contribution >= 0.6 is 0 Å². The Bertz CT molecular complexity index is 2720. The molecule has 55 heavy (non-hydrogen) atoms. The molecule has 266 valence electrons. The van der Waals surface area contributed by atoms with E-state index in [0.717, 1.165) is 6.42 Å². The highest BCUT2D eigenvalue weighted by atomic mass is 15.2. The zero-order valence-electron chi connectivity index (χ0n) is 32.4. The van der Waals surface area contributed by atoms with Gasteiger partial charge in [0.15, 0.2) is 0 Å².